The van der Waals surface area contributed by atoms with Crippen LogP contribution in [-0.4, -0.2) is 102 Å². The number of ether oxygens (including phenoxy) is 3. The molecule has 2 heterocycles. The summed E-state index contributed by atoms with van der Waals surface area (Å²) in [5, 5.41) is 4.84. The molecule has 1 aromatic heterocycles. The van der Waals surface area contributed by atoms with Crippen LogP contribution in [0.2, 0.25) is 0 Å². The number of amides is 4. The fourth-order valence-corrected chi connectivity index (χ4v) is 8.10. The van der Waals surface area contributed by atoms with Crippen LogP contribution in [0, 0.1) is 17.8 Å². The number of alkyl halides is 2. The molecule has 3 N–H and O–H groups in total. The molecule has 0 unspecified atom stereocenters. The van der Waals surface area contributed by atoms with E-state index in [4.69, 9.17) is 24.2 Å². The third-order valence-electron chi connectivity index (χ3n) is 11.2. The van der Waals surface area contributed by atoms with Gasteiger partial charge in [-0.2, -0.15) is 0 Å². The third kappa shape index (κ3) is 10.3. The minimum absolute atomic E-state index is 0. The summed E-state index contributed by atoms with van der Waals surface area (Å²) in [6.07, 6.45) is -0.0952. The number of aromatic nitrogens is 2. The van der Waals surface area contributed by atoms with Gasteiger partial charge in [0.15, 0.2) is 0 Å². The molecule has 0 spiro atoms. The van der Waals surface area contributed by atoms with Crippen LogP contribution in [0.5, 0.6) is 11.6 Å². The van der Waals surface area contributed by atoms with E-state index in [9.17, 15) is 36.4 Å². The number of hydrogen-bond acceptors (Lipinski definition) is 11. The topological polar surface area (TPSA) is 195 Å². The number of sulfonamides is 1. The van der Waals surface area contributed by atoms with Gasteiger partial charge in [0.05, 0.1) is 35.4 Å². The van der Waals surface area contributed by atoms with Crippen molar-refractivity contribution in [3.63, 3.8) is 0 Å². The summed E-state index contributed by atoms with van der Waals surface area (Å²) in [6.45, 7) is 12.7. The van der Waals surface area contributed by atoms with Crippen LogP contribution in [-0.2, 0) is 35.6 Å². The average Bonchev–Trinajstić information content (AvgIpc) is 4.10. The van der Waals surface area contributed by atoms with Gasteiger partial charge in [-0.25, -0.2) is 32.0 Å². The summed E-state index contributed by atoms with van der Waals surface area (Å²) in [7, 11) is -2.70. The molecular formula is C40H64F2N6O9S. The van der Waals surface area contributed by atoms with Gasteiger partial charge in [0.2, 0.25) is 34.1 Å². The molecule has 4 fully saturated rings. The van der Waals surface area contributed by atoms with Crippen molar-refractivity contribution >= 4 is 44.9 Å². The second-order valence-electron chi connectivity index (χ2n) is 17.2. The predicted octanol–water partition coefficient (Wildman–Crippen LogP) is 5.78. The Bertz CT molecular complexity index is 1990. The normalized spacial score (nSPS) is 25.0. The fraction of sp³-hybridized carbons (Fsp3) is 0.700. The number of carbonyl (C=O) groups excluding carboxylic acids is 4. The summed E-state index contributed by atoms with van der Waals surface area (Å²) in [6, 6.07) is 3.87. The zero-order chi connectivity index (χ0) is 42.8. The number of fused-ring (bicyclic) bond motifs is 1. The summed E-state index contributed by atoms with van der Waals surface area (Å²) in [5.74, 6) is -3.82. The quantitative estimate of drug-likeness (QED) is 0.173. The largest absolute Gasteiger partial charge is 0.497 e. The zero-order valence-corrected chi connectivity index (χ0v) is 35.5. The monoisotopic (exact) mass is 842 g/mol. The number of likely N-dealkylation sites (tertiary alicyclic amines) is 1. The van der Waals surface area contributed by atoms with Gasteiger partial charge in [-0.3, -0.25) is 19.1 Å². The van der Waals surface area contributed by atoms with Crippen LogP contribution in [0.1, 0.15) is 110 Å². The molecule has 6 rings (SSSR count). The number of hydrogen-bond donors (Lipinski definition) is 3. The number of methoxy groups -OCH3 is 1. The van der Waals surface area contributed by atoms with Crippen LogP contribution in [0.4, 0.5) is 13.6 Å². The lowest BCUT2D eigenvalue weighted by Gasteiger charge is -2.28. The molecule has 0 bridgehead atoms. The van der Waals surface area contributed by atoms with E-state index in [-0.39, 0.29) is 16.7 Å². The van der Waals surface area contributed by atoms with Crippen molar-refractivity contribution in [2.24, 2.45) is 17.8 Å². The highest BCUT2D eigenvalue weighted by molar-refractivity contribution is 7.91. The number of alkyl carbamates (subject to hydrolysis) is 1. The second kappa shape index (κ2) is 17.5. The molecule has 0 radical (unpaired) electrons. The minimum Gasteiger partial charge on any atom is -0.497 e. The van der Waals surface area contributed by atoms with Gasteiger partial charge in [-0.05, 0) is 76.8 Å². The van der Waals surface area contributed by atoms with Gasteiger partial charge in [0.1, 0.15) is 41.3 Å². The SMILES string of the molecule is CC(C)C.CCCCCc1nc2ccc(OC)cc2nc1O[C@H]1CN(C(=O)CNC(=O)OC2(C)CC2)[C@H](C(=O)N[C@]2(C(=O)NS(=O)(=O)C3(C)CC3)C[C@H]2C(F)F)[C@@H]1C.[HH].[HH].[HH]. The van der Waals surface area contributed by atoms with Crippen molar-refractivity contribution in [3.05, 3.63) is 23.9 Å². The van der Waals surface area contributed by atoms with E-state index in [1.165, 1.54) is 14.0 Å². The highest BCUT2D eigenvalue weighted by Gasteiger charge is 2.67. The van der Waals surface area contributed by atoms with Gasteiger partial charge in [0.25, 0.3) is 5.91 Å². The Kier molecular flexibility index (Phi) is 13.5. The number of aryl methyl sites for hydroxylation is 1. The van der Waals surface area contributed by atoms with Crippen molar-refractivity contribution in [2.45, 2.75) is 141 Å². The highest BCUT2D eigenvalue weighted by atomic mass is 32.2. The molecule has 18 heteroatoms. The van der Waals surface area contributed by atoms with Gasteiger partial charge in [-0.1, -0.05) is 47.5 Å². The van der Waals surface area contributed by atoms with Crippen molar-refractivity contribution in [1.29, 1.82) is 0 Å². The van der Waals surface area contributed by atoms with E-state index in [1.807, 2.05) is 4.72 Å². The van der Waals surface area contributed by atoms with E-state index >= 15 is 0 Å². The highest BCUT2D eigenvalue weighted by Crippen LogP contribution is 2.49. The summed E-state index contributed by atoms with van der Waals surface area (Å²) in [4.78, 5) is 64.6. The summed E-state index contributed by atoms with van der Waals surface area (Å²) in [5.41, 5.74) is -1.18. The molecule has 15 nitrogen and oxygen atoms in total. The fourth-order valence-electron chi connectivity index (χ4n) is 6.78. The molecule has 5 atom stereocenters. The van der Waals surface area contributed by atoms with Crippen LogP contribution in [0.3, 0.4) is 0 Å². The van der Waals surface area contributed by atoms with E-state index in [0.29, 0.717) is 54.6 Å². The number of rotatable bonds is 16. The van der Waals surface area contributed by atoms with Crippen LogP contribution >= 0.6 is 0 Å². The summed E-state index contributed by atoms with van der Waals surface area (Å²) >= 11 is 0. The minimum atomic E-state index is -4.22. The van der Waals surface area contributed by atoms with Gasteiger partial charge in [-0.15, -0.1) is 0 Å². The molecule has 58 heavy (non-hydrogen) atoms. The number of benzene rings is 1. The van der Waals surface area contributed by atoms with Crippen molar-refractivity contribution in [2.75, 3.05) is 20.2 Å². The lowest BCUT2D eigenvalue weighted by atomic mass is 9.98. The van der Waals surface area contributed by atoms with Gasteiger partial charge in [0, 0.05) is 16.3 Å². The maximum atomic E-state index is 14.2. The first-order valence-electron chi connectivity index (χ1n) is 20.1. The zero-order valence-electron chi connectivity index (χ0n) is 34.7. The smallest absolute Gasteiger partial charge is 0.408 e. The Balaban J connectivity index is 0.00000175. The first kappa shape index (κ1) is 44.7. The maximum Gasteiger partial charge on any atom is 0.408 e. The lowest BCUT2D eigenvalue weighted by molar-refractivity contribution is -0.140. The van der Waals surface area contributed by atoms with E-state index in [1.54, 1.807) is 32.0 Å². The first-order chi connectivity index (χ1) is 27.2. The molecule has 4 aliphatic rings. The Morgan fingerprint density at radius 3 is 2.28 bits per heavy atom. The number of halogens is 2. The van der Waals surface area contributed by atoms with E-state index < -0.39 is 93.1 Å². The molecule has 2 aromatic rings. The molecule has 4 amide bonds. The summed E-state index contributed by atoms with van der Waals surface area (Å²) < 4.78 is 72.0. The van der Waals surface area contributed by atoms with Gasteiger partial charge < -0.3 is 29.7 Å². The standard InChI is InChI=1S/C36H48F2N6O9S.C4H10.3H2/c1-6-7-8-9-24-31(41-25-16-21(51-5)10-11-23(25)40-24)52-26-19-44(27(45)18-39-33(48)53-34(3)12-13-34)28(20(26)2)30(46)42-36(17-22(36)29(37)38)32(47)43-54(49,50)35(4)14-15-35;1-4(2)3;;;/h10-11,16,20,22,26,28-29H,6-9,12-15,17-19H2,1-5H3,(H,39,48)(H,42,46)(H,43,47);4H,1-3H3;3*1H/t20-,22+,26+,28+,36-;;;;/m1..../s1. The molecule has 1 aliphatic heterocycles. The third-order valence-corrected chi connectivity index (χ3v) is 13.3. The number of nitrogens with zero attached hydrogens (tertiary/aromatic N) is 3. The lowest BCUT2D eigenvalue weighted by Crippen LogP contribution is -2.59. The molecule has 1 aromatic carbocycles. The van der Waals surface area contributed by atoms with Crippen LogP contribution in [0.25, 0.3) is 11.0 Å². The molecular weight excluding hydrogens is 779 g/mol. The number of carbonyl (C=O) groups is 4. The maximum absolute atomic E-state index is 14.2. The van der Waals surface area contributed by atoms with Crippen molar-refractivity contribution in [1.82, 2.24) is 30.2 Å². The Morgan fingerprint density at radius 1 is 1.03 bits per heavy atom. The number of nitrogens with one attached hydrogen (secondary N) is 3. The molecule has 1 saturated heterocycles. The van der Waals surface area contributed by atoms with E-state index in [2.05, 4.69) is 38.3 Å². The number of unbranched alkanes of at least 4 members (excludes halogenated alkanes) is 2. The first-order valence-corrected chi connectivity index (χ1v) is 21.6. The van der Waals surface area contributed by atoms with Crippen LogP contribution in [0.15, 0.2) is 18.2 Å². The average molecular weight is 843 g/mol. The van der Waals surface area contributed by atoms with Gasteiger partial charge >= 0.3 is 6.09 Å². The Morgan fingerprint density at radius 2 is 1.71 bits per heavy atom. The van der Waals surface area contributed by atoms with E-state index in [0.717, 1.165) is 30.1 Å². The molecule has 3 aliphatic carbocycles. The van der Waals surface area contributed by atoms with Crippen molar-refractivity contribution in [3.8, 4) is 11.6 Å². The van der Waals surface area contributed by atoms with Crippen molar-refractivity contribution < 1.29 is 54.9 Å². The Labute approximate surface area is 343 Å². The molecule has 3 saturated carbocycles. The molecule has 328 valence electrons. The second-order valence-corrected chi connectivity index (χ2v) is 19.4. The van der Waals surface area contributed by atoms with Crippen LogP contribution < -0.4 is 24.8 Å². The predicted molar refractivity (Wildman–Crippen MR) is 217 cm³/mol. The Hall–Kier alpha value is -4.35.